The highest BCUT2D eigenvalue weighted by Crippen LogP contribution is 2.13. The zero-order valence-corrected chi connectivity index (χ0v) is 19.6. The van der Waals surface area contributed by atoms with Crippen LogP contribution in [0.3, 0.4) is 0 Å². The molecule has 0 aliphatic carbocycles. The van der Waals surface area contributed by atoms with Crippen LogP contribution in [0.1, 0.15) is 115 Å². The predicted molar refractivity (Wildman–Crippen MR) is 129 cm³/mol. The van der Waals surface area contributed by atoms with Crippen molar-refractivity contribution in [1.29, 1.82) is 0 Å². The Bertz CT molecular complexity index is 369. The van der Waals surface area contributed by atoms with E-state index < -0.39 is 0 Å². The number of nitrogens with zero attached hydrogens (tertiary/aromatic N) is 1. The van der Waals surface area contributed by atoms with Crippen LogP contribution in [0.4, 0.5) is 0 Å². The number of unbranched alkanes of at least 4 members (excludes halogenated alkanes) is 15. The number of hydrogen-bond acceptors (Lipinski definition) is 1. The van der Waals surface area contributed by atoms with Crippen LogP contribution in [0.25, 0.3) is 0 Å². The second-order valence-electron chi connectivity index (χ2n) is 8.53. The molecule has 163 valence electrons. The normalized spacial score (nSPS) is 10.8. The molecule has 28 heavy (non-hydrogen) atoms. The first-order valence-corrected chi connectivity index (χ1v) is 12.2. The lowest BCUT2D eigenvalue weighted by atomic mass is 10.0. The van der Waals surface area contributed by atoms with E-state index in [1.54, 1.807) is 0 Å². The van der Waals surface area contributed by atoms with Crippen molar-refractivity contribution in [2.75, 3.05) is 14.1 Å². The fraction of sp³-hybridized carbons (Fsp3) is 0.741. The van der Waals surface area contributed by atoms with E-state index in [1.807, 2.05) is 6.07 Å². The van der Waals surface area contributed by atoms with E-state index in [1.165, 1.54) is 102 Å². The maximum Gasteiger partial charge on any atom is 0.0227 e. The molecular formula is C27H50N. The summed E-state index contributed by atoms with van der Waals surface area (Å²) >= 11 is 0. The minimum Gasteiger partial charge on any atom is -0.305 e. The summed E-state index contributed by atoms with van der Waals surface area (Å²) in [7, 11) is 4.15. The van der Waals surface area contributed by atoms with Crippen molar-refractivity contribution < 1.29 is 0 Å². The number of benzene rings is 1. The zero-order valence-electron chi connectivity index (χ0n) is 19.6. The van der Waals surface area contributed by atoms with E-state index in [2.05, 4.69) is 57.1 Å². The SMILES string of the molecule is CN(C)Cc1ccccc1.[CH2]CCCCCCCCCCCCCCCCC. The summed E-state index contributed by atoms with van der Waals surface area (Å²) in [6, 6.07) is 10.5. The summed E-state index contributed by atoms with van der Waals surface area (Å²) < 4.78 is 0. The summed E-state index contributed by atoms with van der Waals surface area (Å²) in [6.45, 7) is 7.20. The van der Waals surface area contributed by atoms with Crippen LogP contribution >= 0.6 is 0 Å². The smallest absolute Gasteiger partial charge is 0.0227 e. The molecule has 1 aromatic carbocycles. The summed E-state index contributed by atoms with van der Waals surface area (Å²) in [5, 5.41) is 0. The van der Waals surface area contributed by atoms with E-state index in [0.717, 1.165) is 13.0 Å². The van der Waals surface area contributed by atoms with Crippen molar-refractivity contribution in [3.8, 4) is 0 Å². The summed E-state index contributed by atoms with van der Waals surface area (Å²) in [6.07, 6.45) is 22.8. The van der Waals surface area contributed by atoms with Gasteiger partial charge in [0.2, 0.25) is 0 Å². The highest BCUT2D eigenvalue weighted by atomic mass is 15.0. The highest BCUT2D eigenvalue weighted by molar-refractivity contribution is 5.14. The average Bonchev–Trinajstić information content (AvgIpc) is 2.69. The molecular weight excluding hydrogens is 338 g/mol. The van der Waals surface area contributed by atoms with E-state index in [4.69, 9.17) is 0 Å². The van der Waals surface area contributed by atoms with Gasteiger partial charge in [0.1, 0.15) is 0 Å². The van der Waals surface area contributed by atoms with Crippen LogP contribution in [0.2, 0.25) is 0 Å². The third kappa shape index (κ3) is 21.5. The first kappa shape index (κ1) is 27.2. The van der Waals surface area contributed by atoms with Crippen LogP contribution in [-0.2, 0) is 6.54 Å². The van der Waals surface area contributed by atoms with Crippen LogP contribution in [0, 0.1) is 6.92 Å². The molecule has 0 aliphatic heterocycles. The Morgan fingerprint density at radius 2 is 1.00 bits per heavy atom. The summed E-state index contributed by atoms with van der Waals surface area (Å²) in [4.78, 5) is 2.16. The zero-order chi connectivity index (χ0) is 20.7. The van der Waals surface area contributed by atoms with Crippen molar-refractivity contribution in [3.63, 3.8) is 0 Å². The Morgan fingerprint density at radius 3 is 1.36 bits per heavy atom. The van der Waals surface area contributed by atoms with Gasteiger partial charge in [-0.15, -0.1) is 0 Å². The minimum absolute atomic E-state index is 1.03. The van der Waals surface area contributed by atoms with Crippen molar-refractivity contribution in [2.45, 2.75) is 116 Å². The van der Waals surface area contributed by atoms with Crippen LogP contribution in [0.15, 0.2) is 30.3 Å². The second-order valence-corrected chi connectivity index (χ2v) is 8.53. The van der Waals surface area contributed by atoms with Gasteiger partial charge in [-0.05, 0) is 19.7 Å². The Kier molecular flexibility index (Phi) is 21.8. The van der Waals surface area contributed by atoms with E-state index >= 15 is 0 Å². The molecule has 0 aromatic heterocycles. The fourth-order valence-electron chi connectivity index (χ4n) is 3.50. The molecule has 0 aliphatic rings. The van der Waals surface area contributed by atoms with Gasteiger partial charge in [0.05, 0.1) is 0 Å². The molecule has 0 bridgehead atoms. The van der Waals surface area contributed by atoms with E-state index in [-0.39, 0.29) is 0 Å². The highest BCUT2D eigenvalue weighted by Gasteiger charge is 1.94. The van der Waals surface area contributed by atoms with Gasteiger partial charge >= 0.3 is 0 Å². The van der Waals surface area contributed by atoms with Crippen molar-refractivity contribution in [1.82, 2.24) is 4.90 Å². The monoisotopic (exact) mass is 388 g/mol. The number of rotatable bonds is 17. The maximum atomic E-state index is 3.88. The van der Waals surface area contributed by atoms with Crippen molar-refractivity contribution >= 4 is 0 Å². The summed E-state index contributed by atoms with van der Waals surface area (Å²) in [5.74, 6) is 0. The third-order valence-electron chi connectivity index (χ3n) is 5.20. The standard InChI is InChI=1S/C18H37.C9H13N/c1-3-5-7-9-11-13-15-17-18-16-14-12-10-8-6-4-2;1-10(2)8-9-6-4-3-5-7-9/h1,3-18H2,2H3;3-7H,8H2,1-2H3. The topological polar surface area (TPSA) is 3.24 Å². The summed E-state index contributed by atoms with van der Waals surface area (Å²) in [5.41, 5.74) is 1.37. The van der Waals surface area contributed by atoms with Gasteiger partial charge in [-0.3, -0.25) is 0 Å². The third-order valence-corrected chi connectivity index (χ3v) is 5.20. The van der Waals surface area contributed by atoms with E-state index in [0.29, 0.717) is 0 Å². The molecule has 0 saturated heterocycles. The lowest BCUT2D eigenvalue weighted by molar-refractivity contribution is 0.402. The lowest BCUT2D eigenvalue weighted by Gasteiger charge is -2.08. The molecule has 1 nitrogen and oxygen atoms in total. The molecule has 0 N–H and O–H groups in total. The molecule has 0 atom stereocenters. The van der Waals surface area contributed by atoms with Crippen LogP contribution in [-0.4, -0.2) is 19.0 Å². The van der Waals surface area contributed by atoms with Crippen molar-refractivity contribution in [3.05, 3.63) is 42.8 Å². The molecule has 0 heterocycles. The molecule has 0 fully saturated rings. The van der Waals surface area contributed by atoms with Gasteiger partial charge in [0, 0.05) is 6.54 Å². The van der Waals surface area contributed by atoms with Gasteiger partial charge < -0.3 is 4.90 Å². The molecule has 1 radical (unpaired) electrons. The average molecular weight is 389 g/mol. The van der Waals surface area contributed by atoms with Gasteiger partial charge in [-0.1, -0.05) is 147 Å². The number of hydrogen-bond donors (Lipinski definition) is 0. The minimum atomic E-state index is 1.03. The van der Waals surface area contributed by atoms with Crippen molar-refractivity contribution in [2.24, 2.45) is 0 Å². The Morgan fingerprint density at radius 1 is 0.607 bits per heavy atom. The molecule has 0 spiro atoms. The van der Waals surface area contributed by atoms with Gasteiger partial charge in [0.25, 0.3) is 0 Å². The maximum absolute atomic E-state index is 3.88. The Balaban J connectivity index is 0.000000609. The molecule has 1 rings (SSSR count). The van der Waals surface area contributed by atoms with Gasteiger partial charge in [-0.2, -0.15) is 0 Å². The fourth-order valence-corrected chi connectivity index (χ4v) is 3.50. The molecule has 1 heteroatoms. The van der Waals surface area contributed by atoms with Crippen LogP contribution < -0.4 is 0 Å². The molecule has 0 unspecified atom stereocenters. The van der Waals surface area contributed by atoms with Gasteiger partial charge in [0.15, 0.2) is 0 Å². The lowest BCUT2D eigenvalue weighted by Crippen LogP contribution is -2.10. The predicted octanol–water partition coefficient (Wildman–Crippen LogP) is 8.83. The molecule has 0 saturated carbocycles. The first-order chi connectivity index (χ1) is 13.7. The Labute approximate surface area is 178 Å². The van der Waals surface area contributed by atoms with Crippen LogP contribution in [0.5, 0.6) is 0 Å². The van der Waals surface area contributed by atoms with Gasteiger partial charge in [-0.25, -0.2) is 0 Å². The molecule has 0 amide bonds. The Hall–Kier alpha value is -0.820. The largest absolute Gasteiger partial charge is 0.305 e. The molecule has 1 aromatic rings. The quantitative estimate of drug-likeness (QED) is 0.241. The van der Waals surface area contributed by atoms with E-state index in [9.17, 15) is 0 Å². The first-order valence-electron chi connectivity index (χ1n) is 12.2. The second kappa shape index (κ2) is 22.5.